The Balaban J connectivity index is 1.92. The normalized spacial score (nSPS) is 16.3. The van der Waals surface area contributed by atoms with Crippen LogP contribution in [0.5, 0.6) is 0 Å². The number of hydrogen-bond donors (Lipinski definition) is 2. The minimum Gasteiger partial charge on any atom is -0.382 e. The third-order valence-electron chi connectivity index (χ3n) is 3.12. The first kappa shape index (κ1) is 14.1. The van der Waals surface area contributed by atoms with Gasteiger partial charge < -0.3 is 20.7 Å². The van der Waals surface area contributed by atoms with Crippen molar-refractivity contribution in [2.24, 2.45) is 5.92 Å². The van der Waals surface area contributed by atoms with E-state index in [2.05, 4.69) is 10.3 Å². The first-order valence-electron chi connectivity index (χ1n) is 6.37. The Morgan fingerprint density at radius 2 is 2.21 bits per heavy atom. The highest BCUT2D eigenvalue weighted by Gasteiger charge is 2.19. The molecule has 3 N–H and O–H groups in total. The van der Waals surface area contributed by atoms with Gasteiger partial charge in [-0.3, -0.25) is 4.79 Å². The fourth-order valence-electron chi connectivity index (χ4n) is 1.94. The summed E-state index contributed by atoms with van der Waals surface area (Å²) in [4.78, 5) is 18.6. The fraction of sp³-hybridized carbons (Fsp3) is 0.667. The van der Waals surface area contributed by atoms with Crippen LogP contribution in [0, 0.1) is 5.92 Å². The van der Waals surface area contributed by atoms with E-state index in [4.69, 9.17) is 10.5 Å². The molecule has 0 aromatic carbocycles. The maximum absolute atomic E-state index is 12.1. The van der Waals surface area contributed by atoms with Gasteiger partial charge in [0, 0.05) is 33.9 Å². The van der Waals surface area contributed by atoms with Crippen LogP contribution in [-0.2, 0) is 4.74 Å². The van der Waals surface area contributed by atoms with Crippen LogP contribution in [0.3, 0.4) is 0 Å². The van der Waals surface area contributed by atoms with E-state index in [1.807, 2.05) is 19.0 Å². The van der Waals surface area contributed by atoms with Crippen molar-refractivity contribution >= 4 is 28.2 Å². The van der Waals surface area contributed by atoms with Crippen LogP contribution >= 0.6 is 11.3 Å². The molecule has 106 valence electrons. The molecule has 0 radical (unpaired) electrons. The van der Waals surface area contributed by atoms with Crippen molar-refractivity contribution in [1.82, 2.24) is 10.3 Å². The predicted octanol–water partition coefficient (Wildman–Crippen LogP) is 0.948. The summed E-state index contributed by atoms with van der Waals surface area (Å²) in [5.74, 6) is 0.674. The van der Waals surface area contributed by atoms with Gasteiger partial charge >= 0.3 is 0 Å². The quantitative estimate of drug-likeness (QED) is 0.860. The topological polar surface area (TPSA) is 80.5 Å². The average molecular weight is 284 g/mol. The number of anilines is 2. The monoisotopic (exact) mass is 284 g/mol. The number of aromatic nitrogens is 1. The van der Waals surface area contributed by atoms with Crippen molar-refractivity contribution in [3.8, 4) is 0 Å². The molecule has 6 nitrogen and oxygen atoms in total. The highest BCUT2D eigenvalue weighted by Crippen LogP contribution is 2.26. The Bertz CT molecular complexity index is 441. The molecule has 2 heterocycles. The number of nitrogens with one attached hydrogen (secondary N) is 1. The van der Waals surface area contributed by atoms with Gasteiger partial charge in [0.15, 0.2) is 5.13 Å². The number of nitrogens with two attached hydrogens (primary N) is 1. The minimum atomic E-state index is -0.130. The molecule has 0 spiro atoms. The minimum absolute atomic E-state index is 0.130. The lowest BCUT2D eigenvalue weighted by atomic mass is 10.0. The van der Waals surface area contributed by atoms with Gasteiger partial charge in [0.05, 0.1) is 0 Å². The number of carbonyl (C=O) groups is 1. The van der Waals surface area contributed by atoms with Gasteiger partial charge in [-0.2, -0.15) is 0 Å². The lowest BCUT2D eigenvalue weighted by Crippen LogP contribution is -2.32. The van der Waals surface area contributed by atoms with Crippen molar-refractivity contribution in [2.45, 2.75) is 12.8 Å². The second-order valence-electron chi connectivity index (χ2n) is 4.87. The molecule has 1 amide bonds. The highest BCUT2D eigenvalue weighted by molar-refractivity contribution is 7.18. The number of nitrogens with zero attached hydrogens (tertiary/aromatic N) is 2. The molecule has 7 heteroatoms. The van der Waals surface area contributed by atoms with E-state index in [-0.39, 0.29) is 5.91 Å². The third-order valence-corrected chi connectivity index (χ3v) is 4.36. The summed E-state index contributed by atoms with van der Waals surface area (Å²) < 4.78 is 5.29. The largest absolute Gasteiger partial charge is 0.382 e. The van der Waals surface area contributed by atoms with Gasteiger partial charge in [-0.15, -0.1) is 0 Å². The van der Waals surface area contributed by atoms with Crippen molar-refractivity contribution in [1.29, 1.82) is 0 Å². The van der Waals surface area contributed by atoms with Gasteiger partial charge in [-0.1, -0.05) is 11.3 Å². The summed E-state index contributed by atoms with van der Waals surface area (Å²) in [6.45, 7) is 2.25. The molecule has 1 aliphatic heterocycles. The van der Waals surface area contributed by atoms with E-state index in [0.29, 0.717) is 23.2 Å². The molecule has 1 aromatic rings. The molecule has 1 aliphatic rings. The van der Waals surface area contributed by atoms with Gasteiger partial charge in [0.25, 0.3) is 5.91 Å². The summed E-state index contributed by atoms with van der Waals surface area (Å²) in [6.07, 6.45) is 2.00. The van der Waals surface area contributed by atoms with Crippen LogP contribution in [0.1, 0.15) is 22.5 Å². The third kappa shape index (κ3) is 3.57. The summed E-state index contributed by atoms with van der Waals surface area (Å²) in [5.41, 5.74) is 5.78. The molecular formula is C12H20N4O2S. The van der Waals surface area contributed by atoms with E-state index < -0.39 is 0 Å². The van der Waals surface area contributed by atoms with Crippen LogP contribution in [0.15, 0.2) is 0 Å². The Labute approximate surface area is 116 Å². The van der Waals surface area contributed by atoms with E-state index in [1.54, 1.807) is 0 Å². The van der Waals surface area contributed by atoms with E-state index >= 15 is 0 Å². The lowest BCUT2D eigenvalue weighted by Gasteiger charge is -2.21. The molecule has 1 aromatic heterocycles. The van der Waals surface area contributed by atoms with Crippen LogP contribution < -0.4 is 16.0 Å². The molecule has 1 saturated heterocycles. The zero-order chi connectivity index (χ0) is 13.8. The first-order chi connectivity index (χ1) is 9.08. The second kappa shape index (κ2) is 6.21. The Morgan fingerprint density at radius 1 is 1.53 bits per heavy atom. The van der Waals surface area contributed by atoms with Crippen molar-refractivity contribution < 1.29 is 9.53 Å². The fourth-order valence-corrected chi connectivity index (χ4v) is 2.77. The lowest BCUT2D eigenvalue weighted by molar-refractivity contribution is 0.0643. The molecule has 19 heavy (non-hydrogen) atoms. The summed E-state index contributed by atoms with van der Waals surface area (Å²) >= 11 is 1.32. The zero-order valence-electron chi connectivity index (χ0n) is 11.3. The van der Waals surface area contributed by atoms with Gasteiger partial charge in [-0.05, 0) is 18.8 Å². The molecule has 0 saturated carbocycles. The SMILES string of the molecule is CN(C)c1nc(N)c(C(=O)NCC2CCOCC2)s1. The summed E-state index contributed by atoms with van der Waals surface area (Å²) in [5, 5.41) is 3.68. The standard InChI is InChI=1S/C12H20N4O2S/c1-16(2)12-15-10(13)9(19-12)11(17)14-7-8-3-5-18-6-4-8/h8H,3-7,13H2,1-2H3,(H,14,17). The van der Waals surface area contributed by atoms with Crippen LogP contribution in [0.25, 0.3) is 0 Å². The van der Waals surface area contributed by atoms with Crippen LogP contribution in [0.2, 0.25) is 0 Å². The molecule has 0 atom stereocenters. The first-order valence-corrected chi connectivity index (χ1v) is 7.19. The number of nitrogen functional groups attached to an aromatic ring is 1. The number of hydrogen-bond acceptors (Lipinski definition) is 6. The number of carbonyl (C=O) groups excluding carboxylic acids is 1. The van der Waals surface area contributed by atoms with Crippen LogP contribution in [0.4, 0.5) is 10.9 Å². The predicted molar refractivity (Wildman–Crippen MR) is 76.7 cm³/mol. The van der Waals surface area contributed by atoms with Gasteiger partial charge in [0.1, 0.15) is 10.7 Å². The van der Waals surface area contributed by atoms with E-state index in [9.17, 15) is 4.79 Å². The Morgan fingerprint density at radius 3 is 2.79 bits per heavy atom. The van der Waals surface area contributed by atoms with Gasteiger partial charge in [-0.25, -0.2) is 4.98 Å². The second-order valence-corrected chi connectivity index (χ2v) is 5.85. The number of thiazole rings is 1. The van der Waals surface area contributed by atoms with Gasteiger partial charge in [0.2, 0.25) is 0 Å². The maximum atomic E-state index is 12.1. The maximum Gasteiger partial charge on any atom is 0.265 e. The highest BCUT2D eigenvalue weighted by atomic mass is 32.1. The van der Waals surface area contributed by atoms with Crippen LogP contribution in [-0.4, -0.2) is 44.7 Å². The molecule has 2 rings (SSSR count). The summed E-state index contributed by atoms with van der Waals surface area (Å²) in [7, 11) is 3.75. The Hall–Kier alpha value is -1.34. The van der Waals surface area contributed by atoms with Crippen molar-refractivity contribution in [3.05, 3.63) is 4.88 Å². The number of ether oxygens (including phenoxy) is 1. The van der Waals surface area contributed by atoms with E-state index in [0.717, 1.165) is 31.2 Å². The van der Waals surface area contributed by atoms with Crippen molar-refractivity contribution in [2.75, 3.05) is 44.5 Å². The van der Waals surface area contributed by atoms with Crippen molar-refractivity contribution in [3.63, 3.8) is 0 Å². The Kier molecular flexibility index (Phi) is 4.60. The molecular weight excluding hydrogens is 264 g/mol. The smallest absolute Gasteiger partial charge is 0.265 e. The number of amides is 1. The van der Waals surface area contributed by atoms with E-state index in [1.165, 1.54) is 11.3 Å². The summed E-state index contributed by atoms with van der Waals surface area (Å²) in [6, 6.07) is 0. The zero-order valence-corrected chi connectivity index (χ0v) is 12.1. The molecule has 1 fully saturated rings. The number of rotatable bonds is 4. The molecule has 0 unspecified atom stereocenters. The average Bonchev–Trinajstić information content (AvgIpc) is 2.80. The molecule has 0 bridgehead atoms. The molecule has 0 aliphatic carbocycles.